The van der Waals surface area contributed by atoms with Gasteiger partial charge >= 0.3 is 0 Å². The van der Waals surface area contributed by atoms with E-state index < -0.39 is 0 Å². The van der Waals surface area contributed by atoms with Crippen molar-refractivity contribution < 1.29 is 18.9 Å². The Morgan fingerprint density at radius 1 is 0.532 bits per heavy atom. The maximum atomic E-state index is 5.58. The minimum absolute atomic E-state index is 0.0623. The minimum Gasteiger partial charge on any atom is -0.352 e. The molecule has 10 atom stereocenters. The van der Waals surface area contributed by atoms with Crippen molar-refractivity contribution in [3.8, 4) is 0 Å². The van der Waals surface area contributed by atoms with E-state index in [-0.39, 0.29) is 18.0 Å². The van der Waals surface area contributed by atoms with Crippen LogP contribution in [0.25, 0.3) is 5.57 Å². The van der Waals surface area contributed by atoms with Gasteiger partial charge in [0.1, 0.15) is 0 Å². The predicted octanol–water partition coefficient (Wildman–Crippen LogP) is 26.4. The second kappa shape index (κ2) is 38.5. The van der Waals surface area contributed by atoms with E-state index >= 15 is 0 Å². The highest BCUT2D eigenvalue weighted by molar-refractivity contribution is 5.61. The van der Waals surface area contributed by atoms with Crippen LogP contribution in [0.1, 0.15) is 304 Å². The zero-order valence-corrected chi connectivity index (χ0v) is 62.7. The smallest absolute Gasteiger partial charge is 0.176 e. The first-order valence-electron chi connectivity index (χ1n) is 40.0. The maximum absolute atomic E-state index is 5.58. The molecule has 13 fully saturated rings. The van der Waals surface area contributed by atoms with Crippen molar-refractivity contribution in [3.63, 3.8) is 0 Å². The third-order valence-electron chi connectivity index (χ3n) is 27.2. The molecule has 10 unspecified atom stereocenters. The highest BCUT2D eigenvalue weighted by atomic mass is 16.7. The summed E-state index contributed by atoms with van der Waals surface area (Å²) in [7, 11) is 0. The van der Waals surface area contributed by atoms with E-state index in [1.807, 2.05) is 13.8 Å². The number of benzene rings is 1. The highest BCUT2D eigenvalue weighted by Crippen LogP contribution is 2.66. The Morgan fingerprint density at radius 2 is 1.15 bits per heavy atom. The van der Waals surface area contributed by atoms with Crippen molar-refractivity contribution in [1.82, 2.24) is 0 Å². The Balaban J connectivity index is 0.000000153. The number of rotatable bonds is 14. The Hall–Kier alpha value is -3.02. The first kappa shape index (κ1) is 78.3. The van der Waals surface area contributed by atoms with Crippen molar-refractivity contribution in [3.05, 3.63) is 130 Å². The quantitative estimate of drug-likeness (QED) is 0.174. The molecule has 2 heterocycles. The molecule has 1 aromatic carbocycles. The Morgan fingerprint density at radius 3 is 1.60 bits per heavy atom. The summed E-state index contributed by atoms with van der Waals surface area (Å²) in [6.07, 6.45) is 67.3. The van der Waals surface area contributed by atoms with Gasteiger partial charge in [-0.2, -0.15) is 0 Å². The van der Waals surface area contributed by atoms with Crippen LogP contribution in [0.15, 0.2) is 119 Å². The van der Waals surface area contributed by atoms with Gasteiger partial charge in [0.05, 0.1) is 31.8 Å². The lowest BCUT2D eigenvalue weighted by Gasteiger charge is -2.61. The fraction of sp³-hybridized carbons (Fsp3) is 0.756. The van der Waals surface area contributed by atoms with Crippen LogP contribution >= 0.6 is 0 Å². The van der Waals surface area contributed by atoms with Gasteiger partial charge in [0.25, 0.3) is 0 Å². The van der Waals surface area contributed by atoms with Crippen molar-refractivity contribution in [2.75, 3.05) is 26.4 Å². The average Bonchev–Trinajstić information content (AvgIpc) is 0.949. The molecule has 15 rings (SSSR count). The van der Waals surface area contributed by atoms with Crippen molar-refractivity contribution >= 4 is 5.57 Å². The second-order valence-electron chi connectivity index (χ2n) is 34.0. The van der Waals surface area contributed by atoms with E-state index in [1.165, 1.54) is 229 Å². The van der Waals surface area contributed by atoms with Gasteiger partial charge in [0, 0.05) is 0 Å². The summed E-state index contributed by atoms with van der Waals surface area (Å²) >= 11 is 0. The lowest BCUT2D eigenvalue weighted by Crippen LogP contribution is -2.51. The lowest BCUT2D eigenvalue weighted by atomic mass is 9.44. The predicted molar refractivity (Wildman–Crippen MR) is 407 cm³/mol. The van der Waals surface area contributed by atoms with Gasteiger partial charge in [-0.25, -0.2) is 0 Å². The largest absolute Gasteiger partial charge is 0.352 e. The van der Waals surface area contributed by atoms with Gasteiger partial charge < -0.3 is 18.9 Å². The summed E-state index contributed by atoms with van der Waals surface area (Å²) in [6.45, 7) is 50.0. The SMILES string of the molecule is C1=CC2CCC1C2.C=C(C)c1cccc(C(C)C)c1.C=CC1(CC)CCCCC1.C=CC12CC3CC(C1)CC(CC)(C3)C2.C=CC1CC2CC1CC2CC.C=CC1CCC2(CC1)CCC(CC)CC2.C=CC1CCCC(CC)C1.C=CC1OCC2(CO1)COC(CC)OC2. The van der Waals surface area contributed by atoms with Gasteiger partial charge in [-0.15, -0.1) is 32.9 Å². The fourth-order valence-corrected chi connectivity index (χ4v) is 20.6. The summed E-state index contributed by atoms with van der Waals surface area (Å²) in [5.41, 5.74) is 6.25. The molecule has 1 aromatic rings. The van der Waals surface area contributed by atoms with E-state index in [9.17, 15) is 0 Å². The van der Waals surface area contributed by atoms with Crippen LogP contribution in [-0.2, 0) is 18.9 Å². The number of ether oxygens (including phenoxy) is 4. The van der Waals surface area contributed by atoms with E-state index in [0.717, 1.165) is 93.8 Å². The summed E-state index contributed by atoms with van der Waals surface area (Å²) < 4.78 is 22.1. The molecule has 12 aliphatic carbocycles. The van der Waals surface area contributed by atoms with Crippen LogP contribution < -0.4 is 0 Å². The Kier molecular flexibility index (Phi) is 32.1. The molecular weight excluding hydrogens is 1140 g/mol. The number of hydrogen-bond donors (Lipinski definition) is 0. The highest BCUT2D eigenvalue weighted by Gasteiger charge is 2.55. The molecule has 0 N–H and O–H groups in total. The molecule has 0 radical (unpaired) electrons. The molecule has 2 spiro atoms. The number of allylic oxidation sites excluding steroid dienone is 8. The zero-order chi connectivity index (χ0) is 67.8. The normalized spacial score (nSPS) is 38.0. The summed E-state index contributed by atoms with van der Waals surface area (Å²) in [6, 6.07) is 8.58. The van der Waals surface area contributed by atoms with E-state index in [2.05, 4.69) is 161 Å². The van der Waals surface area contributed by atoms with Crippen LogP contribution in [0.4, 0.5) is 0 Å². The molecule has 0 aromatic heterocycles. The summed E-state index contributed by atoms with van der Waals surface area (Å²) in [5.74, 6) is 12.4. The Labute approximate surface area is 581 Å². The van der Waals surface area contributed by atoms with Gasteiger partial charge in [0.2, 0.25) is 0 Å². The summed E-state index contributed by atoms with van der Waals surface area (Å²) in [4.78, 5) is 0. The van der Waals surface area contributed by atoms with Crippen molar-refractivity contribution in [1.29, 1.82) is 0 Å². The van der Waals surface area contributed by atoms with Gasteiger partial charge in [-0.3, -0.25) is 0 Å². The molecule has 530 valence electrons. The standard InChI is InChI=1S/C15H26.C14H22.C12H16.C11H18O4.C11H18.2C10H18.C7H10/c1-3-13-5-9-15(10-6-13)11-7-14(4-2)8-12-15;1-3-13-6-11-5-12(7-13)9-14(4-2,8-11)10-13;1-9(2)11-6-5-7-12(8-11)10(3)4;1-3-9-12-5-11(6-13-9)7-14-10(4-2)15-8-11;1-3-8-5-11-7-10(8)6-9(11)4-2;1-3-9-6-5-7-10(4-2)8-9;1-3-10(4-2)8-6-5-7-9-10;1-2-7-4-3-6(1)5-7/h3,13-14H,1,4-12H2,2H3;3,11-12H,1,4-10H2,2H3;5-8,10H,1H2,2-4H3;3,9-10H,1,4-8H2,2H3;3,8-11H,1,4-7H2,2H3;3,9-10H,1,4-8H2,2H3;3H,1,4-9H2,2H3;1-2,6-7H,3-5H2. The lowest BCUT2D eigenvalue weighted by molar-refractivity contribution is -0.293. The molecule has 8 bridgehead atoms. The van der Waals surface area contributed by atoms with Gasteiger partial charge in [-0.05, 0) is 290 Å². The Bertz CT molecular complexity index is 2360. The molecular formula is C90H146O4. The molecule has 11 saturated carbocycles. The maximum Gasteiger partial charge on any atom is 0.176 e. The fourth-order valence-electron chi connectivity index (χ4n) is 20.6. The van der Waals surface area contributed by atoms with E-state index in [4.69, 9.17) is 18.9 Å². The molecule has 4 nitrogen and oxygen atoms in total. The van der Waals surface area contributed by atoms with Crippen LogP contribution in [0.2, 0.25) is 0 Å². The summed E-state index contributed by atoms with van der Waals surface area (Å²) in [5, 5.41) is 0. The monoisotopic (exact) mass is 1290 g/mol. The van der Waals surface area contributed by atoms with E-state index in [1.54, 1.807) is 6.08 Å². The molecule has 4 heteroatoms. The van der Waals surface area contributed by atoms with Crippen LogP contribution in [0.3, 0.4) is 0 Å². The first-order chi connectivity index (χ1) is 45.3. The van der Waals surface area contributed by atoms with Crippen molar-refractivity contribution in [2.45, 2.75) is 306 Å². The zero-order valence-electron chi connectivity index (χ0n) is 62.7. The third-order valence-corrected chi connectivity index (χ3v) is 27.2. The topological polar surface area (TPSA) is 36.9 Å². The van der Waals surface area contributed by atoms with Gasteiger partial charge in [-0.1, -0.05) is 199 Å². The van der Waals surface area contributed by atoms with Gasteiger partial charge in [0.15, 0.2) is 12.6 Å². The molecule has 14 aliphatic rings. The number of fused-ring (bicyclic) bond motifs is 4. The minimum atomic E-state index is -0.278. The average molecular weight is 1290 g/mol. The van der Waals surface area contributed by atoms with Crippen LogP contribution in [-0.4, -0.2) is 39.0 Å². The molecule has 2 saturated heterocycles. The first-order valence-corrected chi connectivity index (χ1v) is 40.0. The molecule has 0 amide bonds. The second-order valence-corrected chi connectivity index (χ2v) is 34.0. The van der Waals surface area contributed by atoms with Crippen LogP contribution in [0, 0.1) is 98.1 Å². The van der Waals surface area contributed by atoms with E-state index in [0.29, 0.717) is 43.2 Å². The molecule has 2 aliphatic heterocycles. The van der Waals surface area contributed by atoms with Crippen molar-refractivity contribution in [2.24, 2.45) is 98.1 Å². The number of hydrogen-bond acceptors (Lipinski definition) is 4. The van der Waals surface area contributed by atoms with Crippen LogP contribution in [0.5, 0.6) is 0 Å². The third kappa shape index (κ3) is 22.5. The molecule has 94 heavy (non-hydrogen) atoms.